The summed E-state index contributed by atoms with van der Waals surface area (Å²) in [6.45, 7) is 12.5. The van der Waals surface area contributed by atoms with Gasteiger partial charge in [0.1, 0.15) is 11.4 Å². The van der Waals surface area contributed by atoms with E-state index >= 15 is 0 Å². The molecule has 0 spiro atoms. The van der Waals surface area contributed by atoms with Gasteiger partial charge in [-0.1, -0.05) is 43.6 Å². The van der Waals surface area contributed by atoms with Crippen molar-refractivity contribution in [3.8, 4) is 5.75 Å². The van der Waals surface area contributed by atoms with Gasteiger partial charge in [0.05, 0.1) is 5.56 Å². The average Bonchev–Trinajstić information content (AvgIpc) is 2.30. The molecule has 0 saturated carbocycles. The quantitative estimate of drug-likeness (QED) is 0.669. The molecule has 1 heterocycles. The zero-order chi connectivity index (χ0) is 14.8. The van der Waals surface area contributed by atoms with Gasteiger partial charge < -0.3 is 4.74 Å². The highest BCUT2D eigenvalue weighted by atomic mass is 79.9. The largest absolute Gasteiger partial charge is 0.487 e. The molecule has 0 unspecified atom stereocenters. The van der Waals surface area contributed by atoms with Crippen LogP contribution in [0.15, 0.2) is 16.6 Å². The van der Waals surface area contributed by atoms with Crippen molar-refractivity contribution in [3.63, 3.8) is 0 Å². The molecule has 0 amide bonds. The summed E-state index contributed by atoms with van der Waals surface area (Å²) < 4.78 is 6.91. The second kappa shape index (κ2) is 5.66. The van der Waals surface area contributed by atoms with Gasteiger partial charge in [0.15, 0.2) is 6.29 Å². The fraction of sp³-hybridized carbons (Fsp3) is 0.562. The second-order valence-corrected chi connectivity index (χ2v) is 6.83. The van der Waals surface area contributed by atoms with E-state index in [2.05, 4.69) is 49.7 Å². The molecule has 0 atom stereocenters. The first-order chi connectivity index (χ1) is 8.75. The van der Waals surface area contributed by atoms with Gasteiger partial charge in [-0.2, -0.15) is 0 Å². The topological polar surface area (TPSA) is 26.3 Å². The summed E-state index contributed by atoms with van der Waals surface area (Å²) in [6.07, 6.45) is 1.79. The number of benzene rings is 1. The molecule has 19 heavy (non-hydrogen) atoms. The van der Waals surface area contributed by atoms with Gasteiger partial charge in [0.2, 0.25) is 0 Å². The summed E-state index contributed by atoms with van der Waals surface area (Å²) in [4.78, 5) is 11.2. The molecule has 1 aromatic carbocycles. The van der Waals surface area contributed by atoms with E-state index in [1.165, 1.54) is 0 Å². The van der Waals surface area contributed by atoms with Crippen LogP contribution < -0.4 is 4.74 Å². The average molecular weight is 327 g/mol. The van der Waals surface area contributed by atoms with Crippen LogP contribution in [-0.2, 0) is 5.41 Å². The fourth-order valence-electron chi connectivity index (χ4n) is 2.79. The van der Waals surface area contributed by atoms with Crippen molar-refractivity contribution < 1.29 is 9.53 Å². The summed E-state index contributed by atoms with van der Waals surface area (Å²) in [5, 5.41) is 0. The molecule has 0 aromatic heterocycles. The highest BCUT2D eigenvalue weighted by molar-refractivity contribution is 9.10. The van der Waals surface area contributed by atoms with Crippen molar-refractivity contribution in [2.75, 3.05) is 0 Å². The van der Waals surface area contributed by atoms with E-state index in [9.17, 15) is 4.79 Å². The molecule has 0 saturated heterocycles. The van der Waals surface area contributed by atoms with Crippen LogP contribution in [0.1, 0.15) is 63.9 Å². The number of carbonyl (C=O) groups is 1. The van der Waals surface area contributed by atoms with Crippen LogP contribution in [0, 0.1) is 0 Å². The van der Waals surface area contributed by atoms with E-state index < -0.39 is 0 Å². The predicted octanol–water partition coefficient (Wildman–Crippen LogP) is 5.13. The molecule has 3 heteroatoms. The highest BCUT2D eigenvalue weighted by Gasteiger charge is 2.40. The maximum atomic E-state index is 11.2. The van der Waals surface area contributed by atoms with Gasteiger partial charge in [-0.25, -0.2) is 0 Å². The third-order valence-electron chi connectivity index (χ3n) is 3.18. The lowest BCUT2D eigenvalue weighted by Gasteiger charge is -2.43. The van der Waals surface area contributed by atoms with Gasteiger partial charge >= 0.3 is 0 Å². The number of carbonyl (C=O) groups excluding carboxylic acids is 1. The summed E-state index contributed by atoms with van der Waals surface area (Å²) in [5.41, 5.74) is 1.50. The van der Waals surface area contributed by atoms with Crippen molar-refractivity contribution in [1.82, 2.24) is 0 Å². The molecule has 1 aliphatic rings. The van der Waals surface area contributed by atoms with Crippen LogP contribution >= 0.6 is 15.9 Å². The van der Waals surface area contributed by atoms with Gasteiger partial charge in [-0.3, -0.25) is 4.79 Å². The van der Waals surface area contributed by atoms with Crippen LogP contribution in [0.5, 0.6) is 5.75 Å². The van der Waals surface area contributed by atoms with Crippen molar-refractivity contribution in [2.45, 2.75) is 59.0 Å². The fourth-order valence-corrected chi connectivity index (χ4v) is 3.27. The maximum Gasteiger partial charge on any atom is 0.153 e. The first-order valence-electron chi connectivity index (χ1n) is 6.73. The Kier molecular flexibility index (Phi) is 4.83. The van der Waals surface area contributed by atoms with E-state index in [4.69, 9.17) is 4.74 Å². The maximum absolute atomic E-state index is 11.2. The van der Waals surface area contributed by atoms with Gasteiger partial charge in [-0.15, -0.1) is 0 Å². The number of halogens is 1. The number of rotatable bonds is 1. The molecular formula is C16H23BrO2. The molecule has 0 bridgehead atoms. The van der Waals surface area contributed by atoms with Crippen molar-refractivity contribution in [2.24, 2.45) is 0 Å². The minimum Gasteiger partial charge on any atom is -0.487 e. The number of ether oxygens (including phenoxy) is 1. The van der Waals surface area contributed by atoms with Crippen LogP contribution in [0.25, 0.3) is 0 Å². The van der Waals surface area contributed by atoms with Gasteiger partial charge in [0.25, 0.3) is 0 Å². The van der Waals surface area contributed by atoms with E-state index in [0.717, 1.165) is 28.5 Å². The number of aldehydes is 1. The zero-order valence-corrected chi connectivity index (χ0v) is 14.2. The van der Waals surface area contributed by atoms with Gasteiger partial charge in [0, 0.05) is 10.0 Å². The van der Waals surface area contributed by atoms with Crippen LogP contribution in [-0.4, -0.2) is 11.9 Å². The Bertz CT molecular complexity index is 476. The Hall–Kier alpha value is -0.830. The van der Waals surface area contributed by atoms with E-state index in [0.29, 0.717) is 5.56 Å². The van der Waals surface area contributed by atoms with Crippen molar-refractivity contribution in [1.29, 1.82) is 0 Å². The zero-order valence-electron chi connectivity index (χ0n) is 12.6. The summed E-state index contributed by atoms with van der Waals surface area (Å²) in [7, 11) is 0. The highest BCUT2D eigenvalue weighted by Crippen LogP contribution is 2.46. The molecular weight excluding hydrogens is 304 g/mol. The monoisotopic (exact) mass is 326 g/mol. The molecule has 0 N–H and O–H groups in total. The SMILES string of the molecule is CC.CC1(C)CC(C)(C)c2cc(Br)cc(C=O)c2O1. The Morgan fingerprint density at radius 3 is 2.32 bits per heavy atom. The smallest absolute Gasteiger partial charge is 0.153 e. The first-order valence-corrected chi connectivity index (χ1v) is 7.53. The molecule has 106 valence electrons. The van der Waals surface area contributed by atoms with Crippen molar-refractivity contribution in [3.05, 3.63) is 27.7 Å². The Balaban J connectivity index is 0.000000861. The van der Waals surface area contributed by atoms with E-state index in [1.807, 2.05) is 19.9 Å². The second-order valence-electron chi connectivity index (χ2n) is 5.91. The number of hydrogen-bond acceptors (Lipinski definition) is 2. The standard InChI is InChI=1S/C14H17BrO2.C2H6/c1-13(2)8-14(3,4)17-12-9(7-16)5-10(15)6-11(12)13;1-2/h5-7H,8H2,1-4H3;1-2H3. The Morgan fingerprint density at radius 1 is 1.21 bits per heavy atom. The third kappa shape index (κ3) is 3.38. The number of fused-ring (bicyclic) bond motifs is 1. The molecule has 2 rings (SSSR count). The molecule has 0 aliphatic carbocycles. The third-order valence-corrected chi connectivity index (χ3v) is 3.64. The van der Waals surface area contributed by atoms with Crippen LogP contribution in [0.2, 0.25) is 0 Å². The van der Waals surface area contributed by atoms with Gasteiger partial charge in [-0.05, 0) is 37.8 Å². The molecule has 2 nitrogen and oxygen atoms in total. The van der Waals surface area contributed by atoms with E-state index in [-0.39, 0.29) is 11.0 Å². The molecule has 0 radical (unpaired) electrons. The molecule has 0 fully saturated rings. The molecule has 1 aromatic rings. The lowest BCUT2D eigenvalue weighted by molar-refractivity contribution is 0.0523. The minimum atomic E-state index is -0.234. The first kappa shape index (κ1) is 16.2. The Labute approximate surface area is 124 Å². The lowest BCUT2D eigenvalue weighted by Crippen LogP contribution is -2.41. The normalized spacial score (nSPS) is 18.5. The minimum absolute atomic E-state index is 0.0125. The van der Waals surface area contributed by atoms with Crippen molar-refractivity contribution >= 4 is 22.2 Å². The van der Waals surface area contributed by atoms with Crippen LogP contribution in [0.4, 0.5) is 0 Å². The predicted molar refractivity (Wildman–Crippen MR) is 83.2 cm³/mol. The van der Waals surface area contributed by atoms with E-state index in [1.54, 1.807) is 0 Å². The lowest BCUT2D eigenvalue weighted by atomic mass is 9.73. The summed E-state index contributed by atoms with van der Waals surface area (Å²) in [5.74, 6) is 0.740. The summed E-state index contributed by atoms with van der Waals surface area (Å²) >= 11 is 3.45. The molecule has 1 aliphatic heterocycles. The Morgan fingerprint density at radius 2 is 1.79 bits per heavy atom. The summed E-state index contributed by atoms with van der Waals surface area (Å²) in [6, 6.07) is 3.86. The number of hydrogen-bond donors (Lipinski definition) is 0. The van der Waals surface area contributed by atoms with Crippen LogP contribution in [0.3, 0.4) is 0 Å².